The number of oxazole rings is 1. The van der Waals surface area contributed by atoms with Crippen molar-refractivity contribution in [2.75, 3.05) is 36.0 Å². The van der Waals surface area contributed by atoms with E-state index in [4.69, 9.17) is 4.42 Å². The average Bonchev–Trinajstić information content (AvgIpc) is 2.87. The Kier molecular flexibility index (Phi) is 4.26. The van der Waals surface area contributed by atoms with Gasteiger partial charge in [-0.25, -0.2) is 4.79 Å². The van der Waals surface area contributed by atoms with Gasteiger partial charge in [0.15, 0.2) is 5.58 Å². The Morgan fingerprint density at radius 2 is 1.95 bits per heavy atom. The average molecular weight is 401 g/mol. The van der Waals surface area contributed by atoms with Crippen LogP contribution in [0.2, 0.25) is 0 Å². The summed E-state index contributed by atoms with van der Waals surface area (Å²) in [4.78, 5) is 18.2. The predicted octanol–water partition coefficient (Wildman–Crippen LogP) is 2.36. The van der Waals surface area contributed by atoms with Crippen LogP contribution >= 0.6 is 22.6 Å². The van der Waals surface area contributed by atoms with E-state index in [2.05, 4.69) is 43.9 Å². The quantitative estimate of drug-likeness (QED) is 0.569. The van der Waals surface area contributed by atoms with Crippen molar-refractivity contribution in [1.82, 2.24) is 10.3 Å². The van der Waals surface area contributed by atoms with Crippen molar-refractivity contribution in [3.63, 3.8) is 0 Å². The molecule has 2 N–H and O–H groups in total. The first-order chi connectivity index (χ1) is 10.2. The number of alkyl halides is 1. The van der Waals surface area contributed by atoms with Crippen molar-refractivity contribution < 1.29 is 4.42 Å². The zero-order valence-electron chi connectivity index (χ0n) is 12.1. The van der Waals surface area contributed by atoms with E-state index >= 15 is 0 Å². The summed E-state index contributed by atoms with van der Waals surface area (Å²) in [5, 5.41) is 3.38. The maximum absolute atomic E-state index is 11.2. The number of hydrogen-bond donors (Lipinski definition) is 2. The van der Waals surface area contributed by atoms with Gasteiger partial charge in [0.25, 0.3) is 0 Å². The SMILES string of the molecule is CI.O=c1[nH]c2ccc(N3CCC4(CC3)CNC4)cc2o1. The van der Waals surface area contributed by atoms with Gasteiger partial charge in [-0.3, -0.25) is 4.98 Å². The third-order valence-electron chi connectivity index (χ3n) is 4.59. The number of H-pyrrole nitrogens is 1. The topological polar surface area (TPSA) is 61.3 Å². The van der Waals surface area contributed by atoms with Gasteiger partial charge in [0.05, 0.1) is 5.52 Å². The third-order valence-corrected chi connectivity index (χ3v) is 4.59. The van der Waals surface area contributed by atoms with Crippen molar-refractivity contribution in [3.05, 3.63) is 28.7 Å². The molecule has 21 heavy (non-hydrogen) atoms. The largest absolute Gasteiger partial charge is 0.417 e. The van der Waals surface area contributed by atoms with Crippen LogP contribution in [0.25, 0.3) is 11.1 Å². The fourth-order valence-corrected chi connectivity index (χ4v) is 3.20. The molecule has 3 heterocycles. The molecule has 2 aliphatic rings. The number of piperidine rings is 1. The van der Waals surface area contributed by atoms with Crippen LogP contribution in [-0.2, 0) is 0 Å². The van der Waals surface area contributed by atoms with E-state index in [9.17, 15) is 4.79 Å². The number of aromatic amines is 1. The summed E-state index contributed by atoms with van der Waals surface area (Å²) in [5.74, 6) is -0.384. The Bertz CT molecular complexity index is 665. The molecule has 1 aromatic carbocycles. The summed E-state index contributed by atoms with van der Waals surface area (Å²) < 4.78 is 5.12. The Balaban J connectivity index is 0.000000636. The second kappa shape index (κ2) is 6.00. The van der Waals surface area contributed by atoms with E-state index in [1.165, 1.54) is 25.9 Å². The highest BCUT2D eigenvalue weighted by Gasteiger charge is 2.39. The minimum absolute atomic E-state index is 0.384. The predicted molar refractivity (Wildman–Crippen MR) is 93.5 cm³/mol. The standard InChI is InChI=1S/C14H17N3O2.CH3I/c18-13-16-11-2-1-10(7-12(11)19-13)17-5-3-14(4-6-17)8-15-9-14;1-2/h1-2,7,15H,3-6,8-9H2,(H,16,18);1H3. The Morgan fingerprint density at radius 3 is 2.57 bits per heavy atom. The first-order valence-electron chi connectivity index (χ1n) is 7.21. The summed E-state index contributed by atoms with van der Waals surface area (Å²) in [5.41, 5.74) is 3.12. The number of benzene rings is 1. The van der Waals surface area contributed by atoms with Crippen LogP contribution in [0.5, 0.6) is 0 Å². The van der Waals surface area contributed by atoms with Crippen molar-refractivity contribution in [3.8, 4) is 0 Å². The molecular weight excluding hydrogens is 381 g/mol. The molecule has 0 atom stereocenters. The summed E-state index contributed by atoms with van der Waals surface area (Å²) in [7, 11) is 0. The minimum Gasteiger partial charge on any atom is -0.408 e. The number of fused-ring (bicyclic) bond motifs is 1. The van der Waals surface area contributed by atoms with Crippen LogP contribution < -0.4 is 16.0 Å². The normalized spacial score (nSPS) is 20.0. The number of halogens is 1. The molecule has 114 valence electrons. The molecule has 2 aliphatic heterocycles. The fraction of sp³-hybridized carbons (Fsp3) is 0.533. The lowest BCUT2D eigenvalue weighted by Gasteiger charge is -2.48. The van der Waals surface area contributed by atoms with Crippen molar-refractivity contribution in [2.24, 2.45) is 5.41 Å². The first-order valence-corrected chi connectivity index (χ1v) is 9.36. The van der Waals surface area contributed by atoms with Crippen LogP contribution in [-0.4, -0.2) is 36.1 Å². The summed E-state index contributed by atoms with van der Waals surface area (Å²) in [6, 6.07) is 5.94. The molecule has 1 spiro atoms. The molecule has 1 aromatic heterocycles. The molecule has 0 amide bonds. The molecular formula is C15H20IN3O2. The van der Waals surface area contributed by atoms with Crippen LogP contribution in [0.4, 0.5) is 5.69 Å². The summed E-state index contributed by atoms with van der Waals surface area (Å²) in [6.07, 6.45) is 2.49. The first kappa shape index (κ1) is 14.9. The molecule has 6 heteroatoms. The number of rotatable bonds is 1. The monoisotopic (exact) mass is 401 g/mol. The van der Waals surface area contributed by atoms with Gasteiger partial charge in [-0.2, -0.15) is 0 Å². The molecule has 0 saturated carbocycles. The highest BCUT2D eigenvalue weighted by atomic mass is 127. The zero-order chi connectivity index (χ0) is 14.9. The van der Waals surface area contributed by atoms with Gasteiger partial charge in [0, 0.05) is 37.9 Å². The van der Waals surface area contributed by atoms with Crippen molar-refractivity contribution in [2.45, 2.75) is 12.8 Å². The van der Waals surface area contributed by atoms with Gasteiger partial charge < -0.3 is 14.6 Å². The number of anilines is 1. The smallest absolute Gasteiger partial charge is 0.408 e. The second-order valence-electron chi connectivity index (χ2n) is 5.79. The lowest BCUT2D eigenvalue weighted by molar-refractivity contribution is 0.126. The van der Waals surface area contributed by atoms with Gasteiger partial charge in [-0.1, -0.05) is 22.6 Å². The molecule has 0 aliphatic carbocycles. The Hall–Kier alpha value is -1.02. The Morgan fingerprint density at radius 1 is 1.24 bits per heavy atom. The van der Waals surface area contributed by atoms with Crippen LogP contribution in [0.15, 0.2) is 27.4 Å². The van der Waals surface area contributed by atoms with E-state index in [0.29, 0.717) is 11.0 Å². The number of aromatic nitrogens is 1. The third kappa shape index (κ3) is 2.83. The number of nitrogens with zero attached hydrogens (tertiary/aromatic N) is 1. The van der Waals surface area contributed by atoms with Crippen molar-refractivity contribution in [1.29, 1.82) is 0 Å². The summed E-state index contributed by atoms with van der Waals surface area (Å²) >= 11 is 2.15. The maximum Gasteiger partial charge on any atom is 0.417 e. The van der Waals surface area contributed by atoms with E-state index in [0.717, 1.165) is 24.3 Å². The van der Waals surface area contributed by atoms with Crippen LogP contribution in [0, 0.1) is 5.41 Å². The van der Waals surface area contributed by atoms with E-state index in [1.54, 1.807) is 0 Å². The lowest BCUT2D eigenvalue weighted by Crippen LogP contribution is -2.58. The summed E-state index contributed by atoms with van der Waals surface area (Å²) in [6.45, 7) is 4.52. The van der Waals surface area contributed by atoms with Gasteiger partial charge in [-0.15, -0.1) is 0 Å². The van der Waals surface area contributed by atoms with E-state index in [1.807, 2.05) is 17.1 Å². The Labute approximate surface area is 137 Å². The molecule has 2 aromatic rings. The van der Waals surface area contributed by atoms with Gasteiger partial charge in [0.2, 0.25) is 0 Å². The van der Waals surface area contributed by atoms with Crippen LogP contribution in [0.3, 0.4) is 0 Å². The minimum atomic E-state index is -0.384. The maximum atomic E-state index is 11.2. The van der Waals surface area contributed by atoms with E-state index < -0.39 is 0 Å². The van der Waals surface area contributed by atoms with Gasteiger partial charge in [-0.05, 0) is 35.3 Å². The number of nitrogens with one attached hydrogen (secondary N) is 2. The molecule has 0 radical (unpaired) electrons. The van der Waals surface area contributed by atoms with Gasteiger partial charge in [0.1, 0.15) is 0 Å². The zero-order valence-corrected chi connectivity index (χ0v) is 14.3. The number of hydrogen-bond acceptors (Lipinski definition) is 4. The molecule has 2 saturated heterocycles. The molecule has 0 bridgehead atoms. The van der Waals surface area contributed by atoms with Gasteiger partial charge >= 0.3 is 5.76 Å². The highest BCUT2D eigenvalue weighted by molar-refractivity contribution is 14.1. The van der Waals surface area contributed by atoms with Crippen molar-refractivity contribution >= 4 is 39.4 Å². The molecule has 0 unspecified atom stereocenters. The molecule has 2 fully saturated rings. The second-order valence-corrected chi connectivity index (χ2v) is 5.79. The molecule has 4 rings (SSSR count). The molecule has 5 nitrogen and oxygen atoms in total. The fourth-order valence-electron chi connectivity index (χ4n) is 3.20. The highest BCUT2D eigenvalue weighted by Crippen LogP contribution is 2.36. The van der Waals surface area contributed by atoms with Crippen LogP contribution in [0.1, 0.15) is 12.8 Å². The lowest BCUT2D eigenvalue weighted by atomic mass is 9.73. The van der Waals surface area contributed by atoms with E-state index in [-0.39, 0.29) is 5.76 Å².